The molecule has 0 radical (unpaired) electrons. The maximum absolute atomic E-state index is 13.8. The zero-order valence-corrected chi connectivity index (χ0v) is 11.4. The van der Waals surface area contributed by atoms with E-state index < -0.39 is 41.9 Å². The Balaban J connectivity index is 1.89. The number of carbonyl (C=O) groups is 1. The summed E-state index contributed by atoms with van der Waals surface area (Å²) in [7, 11) is 0. The lowest BCUT2D eigenvalue weighted by molar-refractivity contribution is -0.138. The molecule has 1 aliphatic carbocycles. The van der Waals surface area contributed by atoms with Crippen molar-refractivity contribution in [3.05, 3.63) is 35.8 Å². The number of amides is 1. The van der Waals surface area contributed by atoms with E-state index in [-0.39, 0.29) is 6.42 Å². The molecule has 1 aromatic rings. The van der Waals surface area contributed by atoms with E-state index in [1.807, 2.05) is 0 Å². The van der Waals surface area contributed by atoms with Gasteiger partial charge in [0.1, 0.15) is 5.82 Å². The van der Waals surface area contributed by atoms with E-state index in [1.54, 1.807) is 6.07 Å². The van der Waals surface area contributed by atoms with Gasteiger partial charge in [-0.15, -0.1) is 6.04 Å². The second-order valence-corrected chi connectivity index (χ2v) is 6.10. The van der Waals surface area contributed by atoms with Crippen LogP contribution in [0.25, 0.3) is 5.73 Å². The lowest BCUT2D eigenvalue weighted by atomic mass is 9.69. The quantitative estimate of drug-likeness (QED) is 0.777. The summed E-state index contributed by atoms with van der Waals surface area (Å²) >= 11 is 0. The van der Waals surface area contributed by atoms with Crippen molar-refractivity contribution in [2.75, 3.05) is 11.4 Å². The number of rotatable bonds is 1. The van der Waals surface area contributed by atoms with Crippen LogP contribution in [0, 0.1) is 11.2 Å². The van der Waals surface area contributed by atoms with Crippen molar-refractivity contribution >= 4 is 11.6 Å². The molecule has 3 rings (SSSR count). The molecule has 1 heterocycles. The third-order valence-electron chi connectivity index (χ3n) is 4.41. The fourth-order valence-corrected chi connectivity index (χ4v) is 3.61. The highest BCUT2D eigenvalue weighted by molar-refractivity contribution is 6.00. The molecule has 2 unspecified atom stereocenters. The van der Waals surface area contributed by atoms with Crippen molar-refractivity contribution in [3.8, 4) is 0 Å². The van der Waals surface area contributed by atoms with Gasteiger partial charge in [-0.25, -0.2) is 13.2 Å². The predicted molar refractivity (Wildman–Crippen MR) is 72.7 cm³/mol. The van der Waals surface area contributed by atoms with Gasteiger partial charge in [-0.1, -0.05) is 12.5 Å². The first-order valence-corrected chi connectivity index (χ1v) is 6.98. The van der Waals surface area contributed by atoms with Crippen molar-refractivity contribution in [3.63, 3.8) is 0 Å². The molecule has 114 valence electrons. The number of hydrogen-bond donors (Lipinski definition) is 0. The molecule has 6 heteroatoms. The molecule has 1 spiro atoms. The average molecular weight is 297 g/mol. The van der Waals surface area contributed by atoms with E-state index in [0.717, 1.165) is 0 Å². The molecule has 1 saturated heterocycles. The Morgan fingerprint density at radius 2 is 2.05 bits per heavy atom. The molecule has 2 atom stereocenters. The number of anilines is 1. The first-order chi connectivity index (χ1) is 9.81. The molecule has 1 saturated carbocycles. The summed E-state index contributed by atoms with van der Waals surface area (Å²) in [6, 6.07) is 4.67. The van der Waals surface area contributed by atoms with E-state index in [4.69, 9.17) is 5.73 Å². The van der Waals surface area contributed by atoms with Crippen LogP contribution in [0.15, 0.2) is 24.3 Å². The summed E-state index contributed by atoms with van der Waals surface area (Å²) in [4.78, 5) is 14.0. The number of nitrogens with zero attached hydrogens (tertiary/aromatic N) is 1. The van der Waals surface area contributed by atoms with Crippen LogP contribution >= 0.6 is 0 Å². The minimum absolute atomic E-state index is 0.160. The Bertz CT molecular complexity index is 578. The van der Waals surface area contributed by atoms with Gasteiger partial charge in [0.15, 0.2) is 0 Å². The third kappa shape index (κ3) is 2.52. The van der Waals surface area contributed by atoms with E-state index in [2.05, 4.69) is 0 Å². The Kier molecular flexibility index (Phi) is 3.24. The molecule has 1 N–H and O–H groups in total. The van der Waals surface area contributed by atoms with Gasteiger partial charge in [-0.2, -0.15) is 0 Å². The number of hydrogen-bond acceptors (Lipinski definition) is 1. The fourth-order valence-electron chi connectivity index (χ4n) is 3.61. The van der Waals surface area contributed by atoms with Crippen LogP contribution in [-0.2, 0) is 4.79 Å². The average Bonchev–Trinajstić information content (AvgIpc) is 2.64. The zero-order valence-electron chi connectivity index (χ0n) is 11.4. The summed E-state index contributed by atoms with van der Waals surface area (Å²) in [6.45, 7) is 0.297. The number of benzene rings is 1. The van der Waals surface area contributed by atoms with E-state index in [9.17, 15) is 18.0 Å². The topological polar surface area (TPSA) is 44.1 Å². The summed E-state index contributed by atoms with van der Waals surface area (Å²) in [5.74, 6) is -3.84. The molecular weight excluding hydrogens is 281 g/mol. The normalized spacial score (nSPS) is 31.9. The van der Waals surface area contributed by atoms with E-state index in [1.165, 1.54) is 23.1 Å². The molecule has 21 heavy (non-hydrogen) atoms. The van der Waals surface area contributed by atoms with Crippen LogP contribution in [0.1, 0.15) is 25.7 Å². The lowest BCUT2D eigenvalue weighted by Crippen LogP contribution is -2.45. The Morgan fingerprint density at radius 3 is 2.71 bits per heavy atom. The van der Waals surface area contributed by atoms with Crippen LogP contribution < -0.4 is 4.90 Å². The van der Waals surface area contributed by atoms with Gasteiger partial charge in [0, 0.05) is 18.7 Å². The maximum atomic E-state index is 13.8. The predicted octanol–water partition coefficient (Wildman–Crippen LogP) is 3.79. The molecule has 2 fully saturated rings. The fraction of sp³-hybridized carbons (Fsp3) is 0.533. The number of nitrogens with one attached hydrogen (secondary N) is 1. The zero-order chi connectivity index (χ0) is 15.3. The highest BCUT2D eigenvalue weighted by Crippen LogP contribution is 2.51. The summed E-state index contributed by atoms with van der Waals surface area (Å²) in [6.07, 6.45) is -0.525. The monoisotopic (exact) mass is 297 g/mol. The first kappa shape index (κ1) is 14.4. The molecule has 0 bridgehead atoms. The van der Waals surface area contributed by atoms with Crippen molar-refractivity contribution in [2.45, 2.75) is 37.6 Å². The van der Waals surface area contributed by atoms with Gasteiger partial charge >= 0.3 is 0 Å². The summed E-state index contributed by atoms with van der Waals surface area (Å²) < 4.78 is 40.8. The van der Waals surface area contributed by atoms with Crippen LogP contribution in [0.5, 0.6) is 0 Å². The molecule has 1 amide bonds. The van der Waals surface area contributed by atoms with Crippen LogP contribution in [0.3, 0.4) is 0 Å². The van der Waals surface area contributed by atoms with Crippen molar-refractivity contribution < 1.29 is 18.0 Å². The van der Waals surface area contributed by atoms with Crippen molar-refractivity contribution in [1.82, 2.24) is 0 Å². The Morgan fingerprint density at radius 1 is 1.29 bits per heavy atom. The molecule has 1 aliphatic heterocycles. The van der Waals surface area contributed by atoms with E-state index in [0.29, 0.717) is 18.7 Å². The van der Waals surface area contributed by atoms with Crippen LogP contribution in [0.4, 0.5) is 18.9 Å². The summed E-state index contributed by atoms with van der Waals surface area (Å²) in [5, 5.41) is 0. The second-order valence-electron chi connectivity index (χ2n) is 6.10. The van der Waals surface area contributed by atoms with Crippen LogP contribution in [0.2, 0.25) is 0 Å². The van der Waals surface area contributed by atoms with Gasteiger partial charge in [-0.3, -0.25) is 4.79 Å². The highest BCUT2D eigenvalue weighted by Gasteiger charge is 2.55. The Labute approximate surface area is 120 Å². The number of alkyl halides is 2. The molecule has 3 nitrogen and oxygen atoms in total. The van der Waals surface area contributed by atoms with Gasteiger partial charge in [0.05, 0.1) is 5.41 Å². The van der Waals surface area contributed by atoms with Crippen molar-refractivity contribution in [1.29, 1.82) is 0 Å². The van der Waals surface area contributed by atoms with Gasteiger partial charge in [0.25, 0.3) is 0 Å². The van der Waals surface area contributed by atoms with E-state index >= 15 is 0 Å². The highest BCUT2D eigenvalue weighted by atomic mass is 19.3. The molecular formula is C15H16F3N2O-. The van der Waals surface area contributed by atoms with Gasteiger partial charge in [-0.05, 0) is 31.0 Å². The molecule has 1 aromatic carbocycles. The number of carbonyl (C=O) groups excluding carboxylic acids is 1. The number of halogens is 3. The standard InChI is InChI=1S/C15H16F3N2O/c16-10-2-1-3-12(6-10)20-5-4-14(13(20)21)7-11(19)8-15(17,18)9-14/h1-3,6,11,19H,4-5,7-9H2/q-1. The summed E-state index contributed by atoms with van der Waals surface area (Å²) in [5.41, 5.74) is 6.93. The van der Waals surface area contributed by atoms with Crippen molar-refractivity contribution in [2.24, 2.45) is 5.41 Å². The largest absolute Gasteiger partial charge is 0.674 e. The Hall–Kier alpha value is -1.56. The van der Waals surface area contributed by atoms with Gasteiger partial charge < -0.3 is 10.6 Å². The second kappa shape index (κ2) is 4.73. The van der Waals surface area contributed by atoms with Gasteiger partial charge in [0.2, 0.25) is 11.8 Å². The molecule has 2 aliphatic rings. The molecule has 0 aromatic heterocycles. The third-order valence-corrected chi connectivity index (χ3v) is 4.41. The van der Waals surface area contributed by atoms with Crippen LogP contribution in [-0.4, -0.2) is 24.4 Å². The first-order valence-electron chi connectivity index (χ1n) is 6.98. The SMILES string of the molecule is [NH-]C1CC(F)(F)CC2(CCN(c3cccc(F)c3)C2=O)C1. The smallest absolute Gasteiger partial charge is 0.247 e. The minimum Gasteiger partial charge on any atom is -0.674 e. The lowest BCUT2D eigenvalue weighted by Gasteiger charge is -2.43. The minimum atomic E-state index is -2.97. The maximum Gasteiger partial charge on any atom is 0.247 e.